The molecule has 0 aliphatic carbocycles. The number of amides is 1. The van der Waals surface area contributed by atoms with Gasteiger partial charge in [-0.15, -0.1) is 0 Å². The van der Waals surface area contributed by atoms with E-state index in [1.165, 1.54) is 7.05 Å². The molecule has 3 N–H and O–H groups in total. The maximum absolute atomic E-state index is 14.1. The number of hydrogen-bond donors (Lipinski definition) is 3. The summed E-state index contributed by atoms with van der Waals surface area (Å²) in [5.41, 5.74) is 2.14. The molecule has 0 aliphatic heterocycles. The second-order valence-corrected chi connectivity index (χ2v) is 6.50. The Labute approximate surface area is 172 Å². The summed E-state index contributed by atoms with van der Waals surface area (Å²) in [4.78, 5) is 19.4. The first-order valence-corrected chi connectivity index (χ1v) is 9.08. The Morgan fingerprint density at radius 3 is 2.72 bits per heavy atom. The van der Waals surface area contributed by atoms with Crippen molar-refractivity contribution in [1.82, 2.24) is 15.3 Å². The third kappa shape index (κ3) is 5.55. The van der Waals surface area contributed by atoms with Crippen LogP contribution in [0.2, 0.25) is 5.02 Å². The normalized spacial score (nSPS) is 10.3. The second kappa shape index (κ2) is 9.20. The lowest BCUT2D eigenvalue weighted by Gasteiger charge is -2.11. The molecule has 0 aliphatic rings. The van der Waals surface area contributed by atoms with Crippen molar-refractivity contribution in [1.29, 1.82) is 0 Å². The Bertz CT molecular complexity index is 1030. The molecule has 29 heavy (non-hydrogen) atoms. The van der Waals surface area contributed by atoms with E-state index in [9.17, 15) is 9.18 Å². The van der Waals surface area contributed by atoms with Crippen LogP contribution in [0.5, 0.6) is 5.75 Å². The number of hydrogen-bond acceptors (Lipinski definition) is 6. The Morgan fingerprint density at radius 1 is 1.17 bits per heavy atom. The number of carbonyl (C=O) groups is 1. The number of nitrogens with one attached hydrogen (secondary N) is 3. The van der Waals surface area contributed by atoms with Crippen LogP contribution in [0.4, 0.5) is 27.5 Å². The van der Waals surface area contributed by atoms with Gasteiger partial charge < -0.3 is 20.7 Å². The number of halogens is 2. The largest absolute Gasteiger partial charge is 0.484 e. The van der Waals surface area contributed by atoms with E-state index >= 15 is 0 Å². The molecule has 3 rings (SSSR count). The Kier molecular flexibility index (Phi) is 6.46. The summed E-state index contributed by atoms with van der Waals surface area (Å²) in [7, 11) is 1.53. The SMILES string of the molecule is CNC(=O)COc1cccc(Nc2ncc(F)c(Nc3ccc(C)c(Cl)c3)n2)c1. The van der Waals surface area contributed by atoms with Crippen molar-refractivity contribution >= 4 is 40.6 Å². The summed E-state index contributed by atoms with van der Waals surface area (Å²) >= 11 is 6.11. The quantitative estimate of drug-likeness (QED) is 0.536. The van der Waals surface area contributed by atoms with Crippen LogP contribution in [0.3, 0.4) is 0 Å². The molecular weight excluding hydrogens is 397 g/mol. The van der Waals surface area contributed by atoms with E-state index in [1.807, 2.05) is 13.0 Å². The lowest BCUT2D eigenvalue weighted by Crippen LogP contribution is -2.24. The molecule has 7 nitrogen and oxygen atoms in total. The van der Waals surface area contributed by atoms with Crippen LogP contribution in [-0.2, 0) is 4.79 Å². The van der Waals surface area contributed by atoms with Crippen LogP contribution in [0.15, 0.2) is 48.7 Å². The summed E-state index contributed by atoms with van der Waals surface area (Å²) in [6.07, 6.45) is 1.07. The fourth-order valence-electron chi connectivity index (χ4n) is 2.34. The van der Waals surface area contributed by atoms with Crippen LogP contribution in [-0.4, -0.2) is 29.5 Å². The predicted molar refractivity (Wildman–Crippen MR) is 111 cm³/mol. The first-order valence-electron chi connectivity index (χ1n) is 8.71. The molecule has 0 atom stereocenters. The van der Waals surface area contributed by atoms with Gasteiger partial charge in [0.25, 0.3) is 5.91 Å². The molecule has 3 aromatic rings. The van der Waals surface area contributed by atoms with Crippen LogP contribution < -0.4 is 20.7 Å². The van der Waals surface area contributed by atoms with E-state index in [2.05, 4.69) is 25.9 Å². The number of aryl methyl sites for hydroxylation is 1. The molecule has 0 unspecified atom stereocenters. The maximum Gasteiger partial charge on any atom is 0.257 e. The summed E-state index contributed by atoms with van der Waals surface area (Å²) in [5, 5.41) is 8.93. The number of carbonyl (C=O) groups excluding carboxylic acids is 1. The van der Waals surface area contributed by atoms with Crippen molar-refractivity contribution in [2.75, 3.05) is 24.3 Å². The summed E-state index contributed by atoms with van der Waals surface area (Å²) in [5.74, 6) is -0.148. The molecule has 0 spiro atoms. The topological polar surface area (TPSA) is 88.2 Å². The van der Waals surface area contributed by atoms with Gasteiger partial charge in [0.05, 0.1) is 6.20 Å². The van der Waals surface area contributed by atoms with Crippen molar-refractivity contribution in [2.24, 2.45) is 0 Å². The summed E-state index contributed by atoms with van der Waals surface area (Å²) in [6.45, 7) is 1.78. The van der Waals surface area contributed by atoms with E-state index in [4.69, 9.17) is 16.3 Å². The standard InChI is InChI=1S/C20H19ClFN5O2/c1-12-6-7-14(9-16(12)21)25-19-17(22)10-24-20(27-19)26-13-4-3-5-15(8-13)29-11-18(28)23-2/h3-10H,11H2,1-2H3,(H,23,28)(H2,24,25,26,27). The number of anilines is 4. The number of rotatable bonds is 7. The van der Waals surface area contributed by atoms with E-state index < -0.39 is 5.82 Å². The Hall–Kier alpha value is -3.39. The molecule has 0 saturated carbocycles. The number of ether oxygens (including phenoxy) is 1. The number of likely N-dealkylation sites (N-methyl/N-ethyl adjacent to an activating group) is 1. The van der Waals surface area contributed by atoms with Crippen LogP contribution >= 0.6 is 11.6 Å². The fraction of sp³-hybridized carbons (Fsp3) is 0.150. The minimum absolute atomic E-state index is 0.00874. The molecule has 0 radical (unpaired) electrons. The maximum atomic E-state index is 14.1. The number of nitrogens with zero attached hydrogens (tertiary/aromatic N) is 2. The zero-order valence-electron chi connectivity index (χ0n) is 15.8. The van der Waals surface area contributed by atoms with Crippen molar-refractivity contribution in [3.63, 3.8) is 0 Å². The van der Waals surface area contributed by atoms with E-state index in [0.717, 1.165) is 11.8 Å². The smallest absolute Gasteiger partial charge is 0.257 e. The van der Waals surface area contributed by atoms with Crippen LogP contribution in [0, 0.1) is 12.7 Å². The third-order valence-corrected chi connectivity index (χ3v) is 4.32. The number of benzene rings is 2. The first kappa shape index (κ1) is 20.3. The lowest BCUT2D eigenvalue weighted by molar-refractivity contribution is -0.122. The monoisotopic (exact) mass is 415 g/mol. The summed E-state index contributed by atoms with van der Waals surface area (Å²) in [6, 6.07) is 12.2. The van der Waals surface area contributed by atoms with Gasteiger partial charge in [0.2, 0.25) is 5.95 Å². The highest BCUT2D eigenvalue weighted by atomic mass is 35.5. The molecule has 0 fully saturated rings. The van der Waals surface area contributed by atoms with E-state index in [0.29, 0.717) is 22.1 Å². The van der Waals surface area contributed by atoms with Gasteiger partial charge in [-0.25, -0.2) is 9.37 Å². The van der Waals surface area contributed by atoms with Gasteiger partial charge in [0, 0.05) is 29.5 Å². The van der Waals surface area contributed by atoms with Crippen LogP contribution in [0.1, 0.15) is 5.56 Å². The van der Waals surface area contributed by atoms with Crippen molar-refractivity contribution in [3.8, 4) is 5.75 Å². The molecule has 1 aromatic heterocycles. The molecule has 2 aromatic carbocycles. The zero-order valence-corrected chi connectivity index (χ0v) is 16.5. The van der Waals surface area contributed by atoms with Gasteiger partial charge in [-0.2, -0.15) is 4.98 Å². The van der Waals surface area contributed by atoms with Gasteiger partial charge in [0.15, 0.2) is 18.2 Å². The second-order valence-electron chi connectivity index (χ2n) is 6.09. The molecule has 0 bridgehead atoms. The molecule has 1 heterocycles. The highest BCUT2D eigenvalue weighted by Gasteiger charge is 2.09. The van der Waals surface area contributed by atoms with E-state index in [-0.39, 0.29) is 24.3 Å². The van der Waals surface area contributed by atoms with Crippen molar-refractivity contribution in [3.05, 3.63) is 65.1 Å². The van der Waals surface area contributed by atoms with Gasteiger partial charge >= 0.3 is 0 Å². The van der Waals surface area contributed by atoms with Gasteiger partial charge in [0.1, 0.15) is 5.75 Å². The molecule has 150 valence electrons. The van der Waals surface area contributed by atoms with Crippen LogP contribution in [0.25, 0.3) is 0 Å². The third-order valence-electron chi connectivity index (χ3n) is 3.92. The van der Waals surface area contributed by atoms with Gasteiger partial charge in [-0.3, -0.25) is 4.79 Å². The fourth-order valence-corrected chi connectivity index (χ4v) is 2.52. The highest BCUT2D eigenvalue weighted by molar-refractivity contribution is 6.31. The highest BCUT2D eigenvalue weighted by Crippen LogP contribution is 2.25. The Balaban J connectivity index is 1.74. The van der Waals surface area contributed by atoms with E-state index in [1.54, 1.807) is 36.4 Å². The predicted octanol–water partition coefficient (Wildman–Crippen LogP) is 4.19. The number of aromatic nitrogens is 2. The first-order chi connectivity index (χ1) is 13.9. The average molecular weight is 416 g/mol. The minimum atomic E-state index is -0.602. The molecular formula is C20H19ClFN5O2. The van der Waals surface area contributed by atoms with Gasteiger partial charge in [-0.05, 0) is 36.8 Å². The van der Waals surface area contributed by atoms with Crippen molar-refractivity contribution < 1.29 is 13.9 Å². The average Bonchev–Trinajstić information content (AvgIpc) is 2.71. The zero-order chi connectivity index (χ0) is 20.8. The lowest BCUT2D eigenvalue weighted by atomic mass is 10.2. The molecule has 0 saturated heterocycles. The van der Waals surface area contributed by atoms with Crippen molar-refractivity contribution in [2.45, 2.75) is 6.92 Å². The molecule has 1 amide bonds. The summed E-state index contributed by atoms with van der Waals surface area (Å²) < 4.78 is 19.5. The Morgan fingerprint density at radius 2 is 1.97 bits per heavy atom. The minimum Gasteiger partial charge on any atom is -0.484 e. The molecule has 9 heteroatoms. The van der Waals surface area contributed by atoms with Gasteiger partial charge in [-0.1, -0.05) is 23.7 Å².